The standard InChI is InChI=1S/C12H18N2S.C4H11N.2H2O.H2/c1-10(8-13-2)12-6-4-5-11(7-12)9-14-15-3;1-4-5(2)3;;;/h4-8,13-14H,9H2,1-3H3;4H2,1-3H3;2*1H2;1H/b10-8+;;;;. The van der Waals surface area contributed by atoms with Gasteiger partial charge in [0.05, 0.1) is 0 Å². The number of hydrogen-bond acceptors (Lipinski definition) is 4. The summed E-state index contributed by atoms with van der Waals surface area (Å²) in [5.41, 5.74) is 3.83. The van der Waals surface area contributed by atoms with Crippen molar-refractivity contribution in [2.45, 2.75) is 20.4 Å². The highest BCUT2D eigenvalue weighted by molar-refractivity contribution is 7.96. The average molecular weight is 334 g/mol. The van der Waals surface area contributed by atoms with E-state index in [9.17, 15) is 0 Å². The zero-order valence-corrected chi connectivity index (χ0v) is 15.5. The molecule has 1 rings (SSSR count). The molecule has 0 saturated heterocycles. The topological polar surface area (TPSA) is 90.3 Å². The molecular weight excluding hydrogens is 298 g/mol. The van der Waals surface area contributed by atoms with Crippen LogP contribution >= 0.6 is 11.9 Å². The summed E-state index contributed by atoms with van der Waals surface area (Å²) in [5, 5.41) is 3.05. The maximum atomic E-state index is 3.24. The Morgan fingerprint density at radius 1 is 1.32 bits per heavy atom. The van der Waals surface area contributed by atoms with Gasteiger partial charge in [-0.25, -0.2) is 0 Å². The fourth-order valence-corrected chi connectivity index (χ4v) is 1.69. The number of nitrogens with zero attached hydrogens (tertiary/aromatic N) is 1. The Bertz CT molecular complexity index is 405. The third-order valence-corrected chi connectivity index (χ3v) is 3.23. The van der Waals surface area contributed by atoms with Crippen LogP contribution in [-0.4, -0.2) is 49.8 Å². The fraction of sp³-hybridized carbons (Fsp3) is 0.500. The highest BCUT2D eigenvalue weighted by atomic mass is 32.2. The number of hydrogen-bond donors (Lipinski definition) is 2. The van der Waals surface area contributed by atoms with Crippen LogP contribution in [0, 0.1) is 0 Å². The maximum Gasteiger partial charge on any atom is 0.0310 e. The quantitative estimate of drug-likeness (QED) is 0.777. The zero-order valence-electron chi connectivity index (χ0n) is 14.7. The second-order valence-corrected chi connectivity index (χ2v) is 5.43. The monoisotopic (exact) mass is 333 g/mol. The Balaban J connectivity index is -0.000000199. The molecule has 0 fully saturated rings. The van der Waals surface area contributed by atoms with E-state index in [4.69, 9.17) is 0 Å². The maximum absolute atomic E-state index is 3.24. The highest BCUT2D eigenvalue weighted by Gasteiger charge is 1.97. The molecule has 1 aromatic rings. The van der Waals surface area contributed by atoms with Crippen molar-refractivity contribution in [3.63, 3.8) is 0 Å². The minimum atomic E-state index is 0. The lowest BCUT2D eigenvalue weighted by Gasteiger charge is -2.06. The first kappa shape index (κ1) is 25.9. The van der Waals surface area contributed by atoms with Crippen LogP contribution in [0.25, 0.3) is 5.57 Å². The molecule has 0 unspecified atom stereocenters. The van der Waals surface area contributed by atoms with Crippen molar-refractivity contribution in [2.24, 2.45) is 0 Å². The molecule has 0 aliphatic heterocycles. The van der Waals surface area contributed by atoms with Crippen molar-refractivity contribution >= 4 is 17.5 Å². The summed E-state index contributed by atoms with van der Waals surface area (Å²) in [5.74, 6) is 0. The number of benzene rings is 1. The molecule has 0 atom stereocenters. The van der Waals surface area contributed by atoms with E-state index in [2.05, 4.69) is 67.1 Å². The Morgan fingerprint density at radius 3 is 2.36 bits per heavy atom. The molecule has 0 aliphatic rings. The molecule has 0 radical (unpaired) electrons. The normalized spacial score (nSPS) is 10.0. The van der Waals surface area contributed by atoms with Gasteiger partial charge in [-0.05, 0) is 56.7 Å². The Kier molecular flexibility index (Phi) is 19.2. The van der Waals surface area contributed by atoms with Crippen LogP contribution < -0.4 is 10.0 Å². The summed E-state index contributed by atoms with van der Waals surface area (Å²) in [4.78, 5) is 2.12. The van der Waals surface area contributed by atoms with E-state index in [1.807, 2.05) is 19.5 Å². The van der Waals surface area contributed by atoms with Gasteiger partial charge < -0.3 is 21.2 Å². The lowest BCUT2D eigenvalue weighted by atomic mass is 10.1. The first-order valence-electron chi connectivity index (χ1n) is 6.89. The summed E-state index contributed by atoms with van der Waals surface area (Å²) in [6, 6.07) is 8.58. The smallest absolute Gasteiger partial charge is 0.0310 e. The van der Waals surface area contributed by atoms with E-state index in [0.29, 0.717) is 0 Å². The van der Waals surface area contributed by atoms with Crippen molar-refractivity contribution in [1.82, 2.24) is 14.9 Å². The zero-order chi connectivity index (χ0) is 15.4. The first-order chi connectivity index (χ1) is 9.54. The largest absolute Gasteiger partial charge is 0.412 e. The average Bonchev–Trinajstić information content (AvgIpc) is 2.46. The van der Waals surface area contributed by atoms with Crippen molar-refractivity contribution in [3.05, 3.63) is 41.6 Å². The van der Waals surface area contributed by atoms with Crippen molar-refractivity contribution in [3.8, 4) is 0 Å². The van der Waals surface area contributed by atoms with Gasteiger partial charge in [0.25, 0.3) is 0 Å². The predicted molar refractivity (Wildman–Crippen MR) is 103 cm³/mol. The summed E-state index contributed by atoms with van der Waals surface area (Å²) in [6.45, 7) is 6.28. The molecular formula is C16H35N3O2S. The molecule has 0 amide bonds. The van der Waals surface area contributed by atoms with E-state index < -0.39 is 0 Å². The van der Waals surface area contributed by atoms with Gasteiger partial charge in [0.2, 0.25) is 0 Å². The minimum absolute atomic E-state index is 0. The van der Waals surface area contributed by atoms with E-state index in [-0.39, 0.29) is 12.4 Å². The molecule has 0 saturated carbocycles. The Morgan fingerprint density at radius 2 is 1.91 bits per heavy atom. The molecule has 0 spiro atoms. The summed E-state index contributed by atoms with van der Waals surface area (Å²) in [7, 11) is 6.03. The minimum Gasteiger partial charge on any atom is -0.412 e. The van der Waals surface area contributed by atoms with Crippen LogP contribution in [0.5, 0.6) is 0 Å². The lowest BCUT2D eigenvalue weighted by Crippen LogP contribution is -2.08. The van der Waals surface area contributed by atoms with E-state index in [1.54, 1.807) is 11.9 Å². The van der Waals surface area contributed by atoms with Crippen LogP contribution in [0.1, 0.15) is 26.4 Å². The second-order valence-electron chi connectivity index (χ2n) is 4.74. The Hall–Kier alpha value is -1.05. The molecule has 6 heteroatoms. The van der Waals surface area contributed by atoms with Gasteiger partial charge in [0, 0.05) is 15.0 Å². The molecule has 132 valence electrons. The molecule has 0 aromatic heterocycles. The van der Waals surface area contributed by atoms with E-state index in [0.717, 1.165) is 13.1 Å². The lowest BCUT2D eigenvalue weighted by molar-refractivity contribution is 0.434. The van der Waals surface area contributed by atoms with Crippen LogP contribution in [0.2, 0.25) is 0 Å². The van der Waals surface area contributed by atoms with Gasteiger partial charge in [0.1, 0.15) is 0 Å². The van der Waals surface area contributed by atoms with Gasteiger partial charge in [-0.15, -0.1) is 0 Å². The summed E-state index contributed by atoms with van der Waals surface area (Å²) in [6.07, 6.45) is 4.05. The number of allylic oxidation sites excluding steroid dienone is 1. The van der Waals surface area contributed by atoms with Crippen LogP contribution in [0.15, 0.2) is 30.5 Å². The molecule has 6 N–H and O–H groups in total. The van der Waals surface area contributed by atoms with Gasteiger partial charge in [-0.2, -0.15) is 0 Å². The number of nitrogens with one attached hydrogen (secondary N) is 2. The van der Waals surface area contributed by atoms with Gasteiger partial charge in [-0.3, -0.25) is 4.72 Å². The second kappa shape index (κ2) is 16.3. The van der Waals surface area contributed by atoms with Gasteiger partial charge >= 0.3 is 0 Å². The highest BCUT2D eigenvalue weighted by Crippen LogP contribution is 2.14. The van der Waals surface area contributed by atoms with Crippen molar-refractivity contribution < 1.29 is 12.4 Å². The van der Waals surface area contributed by atoms with Crippen molar-refractivity contribution in [1.29, 1.82) is 0 Å². The predicted octanol–water partition coefficient (Wildman–Crippen LogP) is 1.80. The van der Waals surface area contributed by atoms with Crippen LogP contribution in [-0.2, 0) is 6.54 Å². The van der Waals surface area contributed by atoms with Crippen molar-refractivity contribution in [2.75, 3.05) is 33.9 Å². The molecule has 0 aliphatic carbocycles. The van der Waals surface area contributed by atoms with Gasteiger partial charge in [-0.1, -0.05) is 43.1 Å². The molecule has 22 heavy (non-hydrogen) atoms. The Labute approximate surface area is 141 Å². The third-order valence-electron chi connectivity index (χ3n) is 2.80. The third kappa shape index (κ3) is 12.7. The SMILES string of the molecule is CCN(C)C.CN/C=C(\C)c1cccc(CNSC)c1.O.O.[HH]. The molecule has 1 aromatic carbocycles. The van der Waals surface area contributed by atoms with Crippen LogP contribution in [0.3, 0.4) is 0 Å². The summed E-state index contributed by atoms with van der Waals surface area (Å²) >= 11 is 1.64. The van der Waals surface area contributed by atoms with E-state index in [1.165, 1.54) is 16.7 Å². The number of rotatable bonds is 6. The van der Waals surface area contributed by atoms with Gasteiger partial charge in [0.15, 0.2) is 0 Å². The van der Waals surface area contributed by atoms with Crippen LogP contribution in [0.4, 0.5) is 0 Å². The molecule has 0 bridgehead atoms. The van der Waals surface area contributed by atoms with E-state index >= 15 is 0 Å². The first-order valence-corrected chi connectivity index (χ1v) is 8.11. The summed E-state index contributed by atoms with van der Waals surface area (Å²) < 4.78 is 3.24. The molecule has 5 nitrogen and oxygen atoms in total. The molecule has 0 heterocycles. The fourth-order valence-electron chi connectivity index (χ4n) is 1.38.